The Bertz CT molecular complexity index is 1120. The van der Waals surface area contributed by atoms with Gasteiger partial charge in [-0.2, -0.15) is 0 Å². The lowest BCUT2D eigenvalue weighted by atomic mass is 9.95. The molecule has 5 rings (SSSR count). The van der Waals surface area contributed by atoms with Crippen molar-refractivity contribution < 1.29 is 9.21 Å². The highest BCUT2D eigenvalue weighted by Crippen LogP contribution is 2.36. The number of nitrogens with zero attached hydrogens (tertiary/aromatic N) is 2. The third kappa shape index (κ3) is 3.44. The molecule has 2 heterocycles. The number of rotatable bonds is 4. The van der Waals surface area contributed by atoms with Crippen LogP contribution in [-0.4, -0.2) is 15.5 Å². The van der Waals surface area contributed by atoms with Gasteiger partial charge < -0.3 is 14.3 Å². The highest BCUT2D eigenvalue weighted by molar-refractivity contribution is 6.06. The number of carbonyl (C=O) groups excluding carboxylic acids is 1. The van der Waals surface area contributed by atoms with Crippen molar-refractivity contribution in [3.8, 4) is 11.4 Å². The maximum absolute atomic E-state index is 12.7. The third-order valence-corrected chi connectivity index (χ3v) is 5.70. The lowest BCUT2D eigenvalue weighted by Gasteiger charge is -2.25. The monoisotopic (exact) mass is 385 g/mol. The quantitative estimate of drug-likeness (QED) is 0.465. The van der Waals surface area contributed by atoms with Crippen molar-refractivity contribution in [2.24, 2.45) is 0 Å². The average Bonchev–Trinajstić information content (AvgIpc) is 3.42. The Hall–Kier alpha value is -3.34. The number of furan rings is 1. The molecule has 1 aliphatic carbocycles. The second kappa shape index (κ2) is 7.59. The zero-order chi connectivity index (χ0) is 19.6. The largest absolute Gasteiger partial charge is 0.472 e. The Morgan fingerprint density at radius 2 is 1.86 bits per heavy atom. The molecule has 1 aliphatic rings. The predicted octanol–water partition coefficient (Wildman–Crippen LogP) is 6.05. The maximum Gasteiger partial charge on any atom is 0.255 e. The zero-order valence-corrected chi connectivity index (χ0v) is 16.2. The Morgan fingerprint density at radius 3 is 2.62 bits per heavy atom. The fraction of sp³-hybridized carbons (Fsp3) is 0.250. The smallest absolute Gasteiger partial charge is 0.255 e. The van der Waals surface area contributed by atoms with Crippen LogP contribution < -0.4 is 5.32 Å². The van der Waals surface area contributed by atoms with Crippen molar-refractivity contribution >= 4 is 22.6 Å². The number of amides is 1. The van der Waals surface area contributed by atoms with Crippen molar-refractivity contribution in [1.29, 1.82) is 0 Å². The normalized spacial score (nSPS) is 14.9. The van der Waals surface area contributed by atoms with E-state index in [2.05, 4.69) is 9.88 Å². The molecule has 0 saturated heterocycles. The van der Waals surface area contributed by atoms with Crippen LogP contribution in [0.3, 0.4) is 0 Å². The average molecular weight is 385 g/mol. The Balaban J connectivity index is 1.55. The van der Waals surface area contributed by atoms with Gasteiger partial charge in [-0.05, 0) is 49.2 Å². The van der Waals surface area contributed by atoms with E-state index in [4.69, 9.17) is 9.40 Å². The summed E-state index contributed by atoms with van der Waals surface area (Å²) >= 11 is 0. The summed E-state index contributed by atoms with van der Waals surface area (Å²) in [6.45, 7) is 0. The topological polar surface area (TPSA) is 60.1 Å². The predicted molar refractivity (Wildman–Crippen MR) is 114 cm³/mol. The first kappa shape index (κ1) is 17.7. The molecule has 0 radical (unpaired) electrons. The van der Waals surface area contributed by atoms with E-state index in [1.807, 2.05) is 54.6 Å². The third-order valence-electron chi connectivity index (χ3n) is 5.70. The first-order valence-electron chi connectivity index (χ1n) is 10.2. The van der Waals surface area contributed by atoms with Gasteiger partial charge in [0.2, 0.25) is 0 Å². The molecule has 0 spiro atoms. The Kier molecular flexibility index (Phi) is 4.64. The minimum absolute atomic E-state index is 0.129. The highest BCUT2D eigenvalue weighted by atomic mass is 16.3. The second-order valence-corrected chi connectivity index (χ2v) is 7.63. The van der Waals surface area contributed by atoms with E-state index in [0.29, 0.717) is 11.6 Å². The molecule has 2 aromatic carbocycles. The van der Waals surface area contributed by atoms with Gasteiger partial charge in [0.1, 0.15) is 12.1 Å². The van der Waals surface area contributed by atoms with Gasteiger partial charge >= 0.3 is 0 Å². The molecule has 1 fully saturated rings. The number of anilines is 1. The number of para-hydroxylation sites is 1. The van der Waals surface area contributed by atoms with Crippen LogP contribution in [0.25, 0.3) is 22.4 Å². The van der Waals surface area contributed by atoms with Crippen LogP contribution in [0.2, 0.25) is 0 Å². The standard InChI is InChI=1S/C24H23N3O2/c28-24(25-19-7-3-1-4-8-19)17-11-12-22-21(15-17)26-23(18-13-14-29-16-18)27(22)20-9-5-2-6-10-20/h1,3-4,7-8,11-16,20H,2,5-6,9-10H2,(H,25,28). The molecule has 1 saturated carbocycles. The molecule has 5 nitrogen and oxygen atoms in total. The summed E-state index contributed by atoms with van der Waals surface area (Å²) in [5.41, 5.74) is 4.27. The minimum Gasteiger partial charge on any atom is -0.472 e. The van der Waals surface area contributed by atoms with Crippen LogP contribution in [0, 0.1) is 0 Å². The van der Waals surface area contributed by atoms with E-state index in [0.717, 1.165) is 41.0 Å². The first-order chi connectivity index (χ1) is 14.3. The van der Waals surface area contributed by atoms with Crippen LogP contribution in [0.15, 0.2) is 71.5 Å². The van der Waals surface area contributed by atoms with Crippen molar-refractivity contribution in [3.63, 3.8) is 0 Å². The molecule has 0 bridgehead atoms. The fourth-order valence-electron chi connectivity index (χ4n) is 4.27. The van der Waals surface area contributed by atoms with Gasteiger partial charge in [-0.1, -0.05) is 37.5 Å². The van der Waals surface area contributed by atoms with Crippen LogP contribution in [0.4, 0.5) is 5.69 Å². The van der Waals surface area contributed by atoms with Crippen LogP contribution in [0.5, 0.6) is 0 Å². The SMILES string of the molecule is O=C(Nc1ccccc1)c1ccc2c(c1)nc(-c1ccoc1)n2C1CCCCC1. The number of nitrogens with one attached hydrogen (secondary N) is 1. The van der Waals surface area contributed by atoms with Crippen molar-refractivity contribution in [1.82, 2.24) is 9.55 Å². The number of fused-ring (bicyclic) bond motifs is 1. The van der Waals surface area contributed by atoms with E-state index in [1.165, 1.54) is 19.3 Å². The first-order valence-corrected chi connectivity index (χ1v) is 10.2. The molecule has 0 atom stereocenters. The van der Waals surface area contributed by atoms with Gasteiger partial charge in [-0.15, -0.1) is 0 Å². The molecule has 1 N–H and O–H groups in total. The number of aromatic nitrogens is 2. The lowest BCUT2D eigenvalue weighted by Crippen LogP contribution is -2.14. The fourth-order valence-corrected chi connectivity index (χ4v) is 4.27. The number of hydrogen-bond acceptors (Lipinski definition) is 3. The molecule has 4 aromatic rings. The molecule has 5 heteroatoms. The van der Waals surface area contributed by atoms with Gasteiger partial charge in [0, 0.05) is 17.3 Å². The van der Waals surface area contributed by atoms with Gasteiger partial charge in [0.05, 0.1) is 22.9 Å². The van der Waals surface area contributed by atoms with Crippen molar-refractivity contribution in [2.45, 2.75) is 38.1 Å². The highest BCUT2D eigenvalue weighted by Gasteiger charge is 2.23. The van der Waals surface area contributed by atoms with Gasteiger partial charge in [-0.25, -0.2) is 4.98 Å². The summed E-state index contributed by atoms with van der Waals surface area (Å²) in [5.74, 6) is 0.788. The zero-order valence-electron chi connectivity index (χ0n) is 16.2. The molecular formula is C24H23N3O2. The molecule has 146 valence electrons. The summed E-state index contributed by atoms with van der Waals surface area (Å²) < 4.78 is 7.66. The van der Waals surface area contributed by atoms with E-state index in [1.54, 1.807) is 12.5 Å². The number of imidazole rings is 1. The second-order valence-electron chi connectivity index (χ2n) is 7.63. The van der Waals surface area contributed by atoms with Crippen molar-refractivity contribution in [3.05, 3.63) is 72.7 Å². The molecule has 0 unspecified atom stereocenters. The molecule has 29 heavy (non-hydrogen) atoms. The van der Waals surface area contributed by atoms with E-state index < -0.39 is 0 Å². The molecule has 0 aliphatic heterocycles. The summed E-state index contributed by atoms with van der Waals surface area (Å²) in [7, 11) is 0. The number of hydrogen-bond donors (Lipinski definition) is 1. The maximum atomic E-state index is 12.7. The van der Waals surface area contributed by atoms with Crippen LogP contribution >= 0.6 is 0 Å². The summed E-state index contributed by atoms with van der Waals surface area (Å²) in [6, 6.07) is 17.7. The summed E-state index contributed by atoms with van der Waals surface area (Å²) in [6.07, 6.45) is 9.52. The minimum atomic E-state index is -0.129. The number of benzene rings is 2. The van der Waals surface area contributed by atoms with Gasteiger partial charge in [-0.3, -0.25) is 4.79 Å². The van der Waals surface area contributed by atoms with Gasteiger partial charge in [0.15, 0.2) is 0 Å². The van der Waals surface area contributed by atoms with Gasteiger partial charge in [0.25, 0.3) is 5.91 Å². The lowest BCUT2D eigenvalue weighted by molar-refractivity contribution is 0.102. The summed E-state index contributed by atoms with van der Waals surface area (Å²) in [5, 5.41) is 2.95. The summed E-state index contributed by atoms with van der Waals surface area (Å²) in [4.78, 5) is 17.6. The van der Waals surface area contributed by atoms with E-state index in [9.17, 15) is 4.79 Å². The van der Waals surface area contributed by atoms with Crippen molar-refractivity contribution in [2.75, 3.05) is 5.32 Å². The Labute approximate surface area is 169 Å². The molecule has 1 amide bonds. The van der Waals surface area contributed by atoms with E-state index in [-0.39, 0.29) is 5.91 Å². The van der Waals surface area contributed by atoms with Crippen LogP contribution in [-0.2, 0) is 0 Å². The Morgan fingerprint density at radius 1 is 1.03 bits per heavy atom. The number of carbonyl (C=O) groups is 1. The van der Waals surface area contributed by atoms with E-state index >= 15 is 0 Å². The van der Waals surface area contributed by atoms with Crippen LogP contribution in [0.1, 0.15) is 48.5 Å². The molecular weight excluding hydrogens is 362 g/mol. The molecule has 2 aromatic heterocycles.